The van der Waals surface area contributed by atoms with Crippen molar-refractivity contribution in [1.82, 2.24) is 14.5 Å². The van der Waals surface area contributed by atoms with Crippen molar-refractivity contribution >= 4 is 11.9 Å². The second kappa shape index (κ2) is 2.97. The Morgan fingerprint density at radius 2 is 2.00 bits per heavy atom. The number of fused-ring (bicyclic) bond motifs is 1. The van der Waals surface area contributed by atoms with Crippen LogP contribution in [-0.2, 0) is 6.54 Å². The third kappa shape index (κ3) is 1.23. The van der Waals surface area contributed by atoms with Gasteiger partial charge in [-0.2, -0.15) is 9.97 Å². The largest absolute Gasteiger partial charge is 0.353 e. The maximum Gasteiger partial charge on any atom is 0.353 e. The van der Waals surface area contributed by atoms with E-state index in [1.807, 2.05) is 26.0 Å². The molecule has 14 heavy (non-hydrogen) atoms. The summed E-state index contributed by atoms with van der Waals surface area (Å²) in [5.41, 5.74) is -0.219. The van der Waals surface area contributed by atoms with Gasteiger partial charge in [0.2, 0.25) is 11.9 Å². The van der Waals surface area contributed by atoms with Crippen LogP contribution in [0.2, 0.25) is 0 Å². The first-order valence-corrected chi connectivity index (χ1v) is 4.47. The SMILES string of the molecule is CN(C)c1nc2n(c(=O)n1)CCN2C. The highest BCUT2D eigenvalue weighted by atomic mass is 16.1. The van der Waals surface area contributed by atoms with Gasteiger partial charge in [-0.25, -0.2) is 4.79 Å². The van der Waals surface area contributed by atoms with E-state index in [4.69, 9.17) is 0 Å². The lowest BCUT2D eigenvalue weighted by Gasteiger charge is -2.13. The fraction of sp³-hybridized carbons (Fsp3) is 0.625. The van der Waals surface area contributed by atoms with Crippen LogP contribution in [0.1, 0.15) is 0 Å². The average molecular weight is 195 g/mol. The van der Waals surface area contributed by atoms with Crippen molar-refractivity contribution in [3.05, 3.63) is 10.5 Å². The Labute approximate surface area is 81.8 Å². The first kappa shape index (κ1) is 8.98. The summed E-state index contributed by atoms with van der Waals surface area (Å²) in [6.07, 6.45) is 0. The second-order valence-electron chi connectivity index (χ2n) is 3.57. The van der Waals surface area contributed by atoms with Crippen LogP contribution in [0.3, 0.4) is 0 Å². The first-order chi connectivity index (χ1) is 6.59. The van der Waals surface area contributed by atoms with E-state index >= 15 is 0 Å². The zero-order chi connectivity index (χ0) is 10.3. The van der Waals surface area contributed by atoms with Gasteiger partial charge in [0.1, 0.15) is 0 Å². The van der Waals surface area contributed by atoms with Gasteiger partial charge in [0.25, 0.3) is 0 Å². The Balaban J connectivity index is 2.58. The second-order valence-corrected chi connectivity index (χ2v) is 3.57. The van der Waals surface area contributed by atoms with Crippen LogP contribution < -0.4 is 15.5 Å². The molecule has 1 aliphatic heterocycles. The lowest BCUT2D eigenvalue weighted by molar-refractivity contribution is 0.721. The van der Waals surface area contributed by atoms with Gasteiger partial charge in [0.05, 0.1) is 0 Å². The lowest BCUT2D eigenvalue weighted by Crippen LogP contribution is -2.27. The topological polar surface area (TPSA) is 54.3 Å². The zero-order valence-electron chi connectivity index (χ0n) is 8.56. The minimum atomic E-state index is -0.219. The highest BCUT2D eigenvalue weighted by molar-refractivity contribution is 5.39. The van der Waals surface area contributed by atoms with Crippen LogP contribution in [0.4, 0.5) is 11.9 Å². The molecule has 6 heteroatoms. The van der Waals surface area contributed by atoms with Crippen LogP contribution in [0.25, 0.3) is 0 Å². The lowest BCUT2D eigenvalue weighted by atomic mass is 10.6. The summed E-state index contributed by atoms with van der Waals surface area (Å²) in [6.45, 7) is 1.50. The summed E-state index contributed by atoms with van der Waals surface area (Å²) >= 11 is 0. The number of nitrogens with zero attached hydrogens (tertiary/aromatic N) is 5. The molecule has 0 fully saturated rings. The van der Waals surface area contributed by atoms with Gasteiger partial charge in [0.15, 0.2) is 0 Å². The average Bonchev–Trinajstić information content (AvgIpc) is 2.48. The summed E-state index contributed by atoms with van der Waals surface area (Å²) < 4.78 is 1.59. The van der Waals surface area contributed by atoms with Crippen LogP contribution in [0.5, 0.6) is 0 Å². The van der Waals surface area contributed by atoms with Crippen LogP contribution in [-0.4, -0.2) is 42.2 Å². The van der Waals surface area contributed by atoms with Crippen LogP contribution in [0, 0.1) is 0 Å². The predicted octanol–water partition coefficient (Wildman–Crippen LogP) is -0.846. The van der Waals surface area contributed by atoms with Gasteiger partial charge in [-0.3, -0.25) is 4.57 Å². The molecule has 0 saturated heterocycles. The van der Waals surface area contributed by atoms with E-state index in [2.05, 4.69) is 9.97 Å². The van der Waals surface area contributed by atoms with Crippen LogP contribution >= 0.6 is 0 Å². The molecule has 0 aromatic carbocycles. The Hall–Kier alpha value is -1.59. The van der Waals surface area contributed by atoms with E-state index < -0.39 is 0 Å². The highest BCUT2D eigenvalue weighted by Gasteiger charge is 2.20. The number of rotatable bonds is 1. The van der Waals surface area contributed by atoms with Crippen molar-refractivity contribution in [2.45, 2.75) is 6.54 Å². The molecule has 0 N–H and O–H groups in total. The standard InChI is InChI=1S/C8H13N5O/c1-11(2)6-9-7-12(3)4-5-13(7)8(14)10-6/h4-5H2,1-3H3. The van der Waals surface area contributed by atoms with Crippen molar-refractivity contribution in [2.75, 3.05) is 37.5 Å². The fourth-order valence-corrected chi connectivity index (χ4v) is 1.44. The van der Waals surface area contributed by atoms with Crippen molar-refractivity contribution in [3.8, 4) is 0 Å². The molecule has 1 aromatic rings. The highest BCUT2D eigenvalue weighted by Crippen LogP contribution is 2.15. The molecule has 0 unspecified atom stereocenters. The molecule has 2 heterocycles. The van der Waals surface area contributed by atoms with E-state index in [1.165, 1.54) is 0 Å². The predicted molar refractivity (Wildman–Crippen MR) is 53.9 cm³/mol. The van der Waals surface area contributed by atoms with Gasteiger partial charge in [-0.05, 0) is 0 Å². The Kier molecular flexibility index (Phi) is 1.90. The Bertz CT molecular complexity index is 411. The van der Waals surface area contributed by atoms with Crippen molar-refractivity contribution in [3.63, 3.8) is 0 Å². The van der Waals surface area contributed by atoms with Crippen LogP contribution in [0.15, 0.2) is 4.79 Å². The molecule has 0 amide bonds. The summed E-state index contributed by atoms with van der Waals surface area (Å²) in [5.74, 6) is 1.17. The number of aromatic nitrogens is 3. The molecular weight excluding hydrogens is 182 g/mol. The minimum Gasteiger partial charge on any atom is -0.347 e. The quantitative estimate of drug-likeness (QED) is 0.584. The molecule has 1 aliphatic rings. The normalized spacial score (nSPS) is 14.4. The third-order valence-corrected chi connectivity index (χ3v) is 2.27. The zero-order valence-corrected chi connectivity index (χ0v) is 8.56. The van der Waals surface area contributed by atoms with Gasteiger partial charge >= 0.3 is 5.69 Å². The summed E-state index contributed by atoms with van der Waals surface area (Å²) in [6, 6.07) is 0. The van der Waals surface area contributed by atoms with Gasteiger partial charge in [0, 0.05) is 34.2 Å². The molecule has 2 rings (SSSR count). The van der Waals surface area contributed by atoms with E-state index in [1.54, 1.807) is 9.47 Å². The number of hydrogen-bond donors (Lipinski definition) is 0. The summed E-state index contributed by atoms with van der Waals surface area (Å²) in [5, 5.41) is 0. The van der Waals surface area contributed by atoms with E-state index in [0.717, 1.165) is 6.54 Å². The van der Waals surface area contributed by atoms with E-state index in [-0.39, 0.29) is 5.69 Å². The maximum absolute atomic E-state index is 11.5. The molecule has 0 saturated carbocycles. The van der Waals surface area contributed by atoms with Crippen molar-refractivity contribution in [2.24, 2.45) is 0 Å². The fourth-order valence-electron chi connectivity index (χ4n) is 1.44. The number of likely N-dealkylation sites (N-methyl/N-ethyl adjacent to an activating group) is 1. The molecule has 6 nitrogen and oxygen atoms in total. The van der Waals surface area contributed by atoms with Crippen molar-refractivity contribution in [1.29, 1.82) is 0 Å². The van der Waals surface area contributed by atoms with E-state index in [9.17, 15) is 4.79 Å². The van der Waals surface area contributed by atoms with Gasteiger partial charge in [-0.1, -0.05) is 0 Å². The molecule has 0 spiro atoms. The third-order valence-electron chi connectivity index (χ3n) is 2.27. The summed E-state index contributed by atoms with van der Waals surface area (Å²) in [7, 11) is 5.56. The molecule has 0 atom stereocenters. The molecule has 1 aromatic heterocycles. The molecular formula is C8H13N5O. The van der Waals surface area contributed by atoms with Gasteiger partial charge < -0.3 is 9.80 Å². The number of anilines is 2. The smallest absolute Gasteiger partial charge is 0.347 e. The molecule has 76 valence electrons. The molecule has 0 aliphatic carbocycles. The summed E-state index contributed by atoms with van der Waals surface area (Å²) in [4.78, 5) is 23.4. The first-order valence-electron chi connectivity index (χ1n) is 4.47. The van der Waals surface area contributed by atoms with Crippen molar-refractivity contribution < 1.29 is 0 Å². The minimum absolute atomic E-state index is 0.219. The Morgan fingerprint density at radius 3 is 2.64 bits per heavy atom. The Morgan fingerprint density at radius 1 is 1.29 bits per heavy atom. The molecule has 0 radical (unpaired) electrons. The monoisotopic (exact) mass is 195 g/mol. The molecule has 0 bridgehead atoms. The maximum atomic E-state index is 11.5. The van der Waals surface area contributed by atoms with E-state index in [0.29, 0.717) is 18.4 Å². The van der Waals surface area contributed by atoms with Gasteiger partial charge in [-0.15, -0.1) is 0 Å². The number of hydrogen-bond acceptors (Lipinski definition) is 5.